The van der Waals surface area contributed by atoms with Crippen molar-refractivity contribution in [1.82, 2.24) is 45.4 Å². The number of rotatable bonds is 15. The molecule has 19 heteroatoms. The maximum atomic E-state index is 14.1. The minimum absolute atomic E-state index is 0.0635. The molecular weight excluding hydrogens is 909 g/mol. The van der Waals surface area contributed by atoms with Crippen molar-refractivity contribution in [2.24, 2.45) is 5.92 Å². The largest absolute Gasteiger partial charge is 0.507 e. The van der Waals surface area contributed by atoms with Crippen molar-refractivity contribution in [3.8, 4) is 33.3 Å². The molecule has 3 fully saturated rings. The Morgan fingerprint density at radius 2 is 1.79 bits per heavy atom. The lowest BCUT2D eigenvalue weighted by molar-refractivity contribution is -0.141. The van der Waals surface area contributed by atoms with Crippen LogP contribution in [0.1, 0.15) is 73.9 Å². The van der Waals surface area contributed by atoms with Crippen LogP contribution in [-0.4, -0.2) is 139 Å². The van der Waals surface area contributed by atoms with E-state index in [-0.39, 0.29) is 42.5 Å². The Labute approximate surface area is 411 Å². The van der Waals surface area contributed by atoms with Gasteiger partial charge in [-0.05, 0) is 91.2 Å². The number of nitrogens with zero attached hydrogens (tertiary/aromatic N) is 10. The van der Waals surface area contributed by atoms with Crippen molar-refractivity contribution in [2.45, 2.75) is 83.0 Å². The number of hydrogen-bond acceptors (Lipinski definition) is 17. The van der Waals surface area contributed by atoms with Gasteiger partial charge in [0.05, 0.1) is 46.2 Å². The zero-order valence-corrected chi connectivity index (χ0v) is 40.6. The number of carbonyl (C=O) groups is 2. The lowest BCUT2D eigenvalue weighted by atomic mass is 9.91. The van der Waals surface area contributed by atoms with Crippen LogP contribution in [0, 0.1) is 12.8 Å². The highest BCUT2D eigenvalue weighted by Gasteiger charge is 2.43. The summed E-state index contributed by atoms with van der Waals surface area (Å²) in [7, 11) is 0. The average Bonchev–Trinajstić information content (AvgIpc) is 4.14. The third-order valence-electron chi connectivity index (χ3n) is 14.2. The lowest BCUT2D eigenvalue weighted by Crippen LogP contribution is -2.58. The molecule has 70 heavy (non-hydrogen) atoms. The van der Waals surface area contributed by atoms with Gasteiger partial charge in [-0.1, -0.05) is 50.2 Å². The number of carbonyl (C=O) groups excluding carboxylic acids is 2. The van der Waals surface area contributed by atoms with Crippen LogP contribution in [0.2, 0.25) is 0 Å². The number of para-hydroxylation sites is 1. The monoisotopic (exact) mass is 968 g/mol. The Kier molecular flexibility index (Phi) is 13.9. The highest BCUT2D eigenvalue weighted by Crippen LogP contribution is 2.37. The number of phenols is 1. The fraction of sp³-hybridized carbons (Fsp3) is 0.451. The van der Waals surface area contributed by atoms with E-state index in [0.29, 0.717) is 42.0 Å². The molecule has 4 aromatic heterocycles. The van der Waals surface area contributed by atoms with Crippen molar-refractivity contribution in [2.75, 3.05) is 74.1 Å². The number of aliphatic hydroxyl groups is 1. The van der Waals surface area contributed by atoms with Crippen molar-refractivity contribution in [1.29, 1.82) is 0 Å². The van der Waals surface area contributed by atoms with Crippen molar-refractivity contribution < 1.29 is 29.1 Å². The molecule has 366 valence electrons. The smallest absolute Gasteiger partial charge is 0.254 e. The van der Waals surface area contributed by atoms with Crippen LogP contribution in [-0.2, 0) is 16.1 Å². The lowest BCUT2D eigenvalue weighted by Gasteiger charge is -2.45. The molecule has 0 saturated carbocycles. The molecule has 4 atom stereocenters. The predicted molar refractivity (Wildman–Crippen MR) is 266 cm³/mol. The van der Waals surface area contributed by atoms with Crippen LogP contribution >= 0.6 is 11.3 Å². The second kappa shape index (κ2) is 20.7. The van der Waals surface area contributed by atoms with E-state index in [1.54, 1.807) is 29.5 Å². The molecule has 0 radical (unpaired) electrons. The van der Waals surface area contributed by atoms with E-state index < -0.39 is 18.1 Å². The Balaban J connectivity index is 0.659. The zero-order chi connectivity index (χ0) is 48.3. The number of fused-ring (bicyclic) bond motifs is 3. The van der Waals surface area contributed by atoms with E-state index in [2.05, 4.69) is 45.7 Å². The Morgan fingerprint density at radius 1 is 0.986 bits per heavy atom. The van der Waals surface area contributed by atoms with Crippen LogP contribution in [0.5, 0.6) is 11.6 Å². The first kappa shape index (κ1) is 47.0. The second-order valence-corrected chi connectivity index (χ2v) is 20.0. The van der Waals surface area contributed by atoms with E-state index in [9.17, 15) is 19.8 Å². The number of amides is 2. The van der Waals surface area contributed by atoms with Crippen molar-refractivity contribution in [3.05, 3.63) is 101 Å². The van der Waals surface area contributed by atoms with Gasteiger partial charge < -0.3 is 49.7 Å². The van der Waals surface area contributed by atoms with Crippen LogP contribution in [0.15, 0.2) is 83.1 Å². The highest BCUT2D eigenvalue weighted by atomic mass is 32.1. The second-order valence-electron chi connectivity index (χ2n) is 19.2. The van der Waals surface area contributed by atoms with E-state index in [1.165, 1.54) is 10.5 Å². The standard InChI is InChI=1S/C51H60N12O6S/c1-31(2)46(50(67)63-29-38(64)21-42(63)49(66)53-24-33-9-11-35(12-10-33)47-32(3)56-30-70-47)44-23-45(59-69-44)68-20-6-15-60-16-13-34(14-17-60)36-25-54-51(55-26-36)61-18-19-62-37(28-61)27-52-48-41(62)22-40(57-58-48)39-7-4-5-8-43(39)65/h4-5,7-12,22-23,25-26,30-31,34,37-38,42,46,64-65H,6,13-21,24,27-29H2,1-3H3,(H,52,58)(H,53,66)/t37-,38+,42-,46?/m0/s1. The minimum Gasteiger partial charge on any atom is -0.507 e. The molecule has 0 aliphatic carbocycles. The van der Waals surface area contributed by atoms with E-state index in [4.69, 9.17) is 19.2 Å². The topological polar surface area (TPSA) is 211 Å². The van der Waals surface area contributed by atoms with E-state index in [1.807, 2.05) is 81.1 Å². The van der Waals surface area contributed by atoms with Crippen LogP contribution in [0.3, 0.4) is 0 Å². The van der Waals surface area contributed by atoms with Crippen LogP contribution in [0.4, 0.5) is 17.5 Å². The summed E-state index contributed by atoms with van der Waals surface area (Å²) in [5, 5.41) is 40.5. The van der Waals surface area contributed by atoms with Gasteiger partial charge in [-0.15, -0.1) is 21.5 Å². The molecule has 10 rings (SSSR count). The third kappa shape index (κ3) is 10.1. The molecule has 18 nitrogen and oxygen atoms in total. The van der Waals surface area contributed by atoms with Crippen LogP contribution < -0.4 is 25.2 Å². The molecular formula is C51H60N12O6S. The number of anilines is 3. The fourth-order valence-electron chi connectivity index (χ4n) is 10.3. The number of aliphatic hydroxyl groups excluding tert-OH is 1. The number of hydrogen-bond donors (Lipinski definition) is 4. The predicted octanol–water partition coefficient (Wildman–Crippen LogP) is 5.85. The quantitative estimate of drug-likeness (QED) is 0.0890. The number of benzene rings is 2. The first-order chi connectivity index (χ1) is 34.1. The maximum absolute atomic E-state index is 14.1. The molecule has 0 bridgehead atoms. The molecule has 0 spiro atoms. The average molecular weight is 969 g/mol. The normalized spacial score (nSPS) is 20.0. The summed E-state index contributed by atoms with van der Waals surface area (Å²) in [6.45, 7) is 12.6. The molecule has 2 amide bonds. The van der Waals surface area contributed by atoms with Gasteiger partial charge in [-0.25, -0.2) is 15.0 Å². The highest BCUT2D eigenvalue weighted by molar-refractivity contribution is 7.13. The summed E-state index contributed by atoms with van der Waals surface area (Å²) in [5.41, 5.74) is 8.28. The molecule has 1 unspecified atom stereocenters. The number of nitrogens with one attached hydrogen (secondary N) is 2. The number of aromatic hydroxyl groups is 1. The summed E-state index contributed by atoms with van der Waals surface area (Å²) in [6, 6.07) is 18.3. The number of phenolic OH excluding ortho intramolecular Hbond substituents is 1. The molecule has 6 aromatic rings. The van der Waals surface area contributed by atoms with Gasteiger partial charge in [-0.3, -0.25) is 9.59 Å². The molecule has 4 N–H and O–H groups in total. The van der Waals surface area contributed by atoms with Crippen LogP contribution in [0.25, 0.3) is 21.7 Å². The molecule has 2 aromatic carbocycles. The fourth-order valence-corrected chi connectivity index (χ4v) is 11.1. The van der Waals surface area contributed by atoms with E-state index >= 15 is 0 Å². The van der Waals surface area contributed by atoms with Gasteiger partial charge in [0, 0.05) is 76.3 Å². The van der Waals surface area contributed by atoms with Gasteiger partial charge in [0.15, 0.2) is 11.6 Å². The SMILES string of the molecule is Cc1ncsc1-c1ccc(CNC(=O)[C@@H]2C[C@@H](O)CN2C(=O)C(c2cc(OCCCN3CCC(c4cnc(N5CCN6c7cc(-c8ccccc8O)nnc7NC[C@H]6C5)nc4)CC3)no2)C(C)C)cc1. The number of aromatic nitrogens is 6. The molecule has 8 heterocycles. The number of piperazine rings is 1. The summed E-state index contributed by atoms with van der Waals surface area (Å²) in [5.74, 6) is 1.32. The minimum atomic E-state index is -0.811. The number of β-amino-alcohol motifs (C(OH)–C–C–N with tert-alkyl or cyclic N) is 1. The van der Waals surface area contributed by atoms with Gasteiger partial charge in [0.2, 0.25) is 17.8 Å². The van der Waals surface area contributed by atoms with Gasteiger partial charge in [-0.2, -0.15) is 0 Å². The van der Waals surface area contributed by atoms with Gasteiger partial charge in [0.25, 0.3) is 5.88 Å². The van der Waals surface area contributed by atoms with Crippen molar-refractivity contribution in [3.63, 3.8) is 0 Å². The number of piperidine rings is 1. The first-order valence-electron chi connectivity index (χ1n) is 24.4. The number of aryl methyl sites for hydroxylation is 1. The van der Waals surface area contributed by atoms with Gasteiger partial charge >= 0.3 is 0 Å². The Bertz CT molecular complexity index is 2760. The van der Waals surface area contributed by atoms with Crippen molar-refractivity contribution >= 4 is 40.6 Å². The molecule has 4 aliphatic heterocycles. The number of thiazole rings is 1. The first-order valence-corrected chi connectivity index (χ1v) is 25.2. The third-order valence-corrected chi connectivity index (χ3v) is 15.1. The Hall–Kier alpha value is -6.70. The number of likely N-dealkylation sites (tertiary alicyclic amines) is 2. The maximum Gasteiger partial charge on any atom is 0.254 e. The zero-order valence-electron chi connectivity index (χ0n) is 39.8. The summed E-state index contributed by atoms with van der Waals surface area (Å²) in [4.78, 5) is 51.4. The Morgan fingerprint density at radius 3 is 2.54 bits per heavy atom. The summed E-state index contributed by atoms with van der Waals surface area (Å²) >= 11 is 1.59. The number of ether oxygens (including phenoxy) is 1. The summed E-state index contributed by atoms with van der Waals surface area (Å²) in [6.07, 6.45) is 6.21. The van der Waals surface area contributed by atoms with E-state index in [0.717, 1.165) is 104 Å². The molecule has 4 aliphatic rings. The van der Waals surface area contributed by atoms with Gasteiger partial charge in [0.1, 0.15) is 17.7 Å². The summed E-state index contributed by atoms with van der Waals surface area (Å²) < 4.78 is 11.7. The molecule has 3 saturated heterocycles.